The third kappa shape index (κ3) is 31.2. The van der Waals surface area contributed by atoms with E-state index in [1.54, 1.807) is 18.2 Å². The van der Waals surface area contributed by atoms with Gasteiger partial charge >= 0.3 is 23.9 Å². The molecule has 0 aliphatic carbocycles. The van der Waals surface area contributed by atoms with E-state index in [0.717, 1.165) is 50.1 Å². The summed E-state index contributed by atoms with van der Waals surface area (Å²) in [6, 6.07) is 54.7. The fourth-order valence-electron chi connectivity index (χ4n) is 12.1. The van der Waals surface area contributed by atoms with Gasteiger partial charge in [0.2, 0.25) is 47.3 Å². The Kier molecular flexibility index (Phi) is 35.5. The van der Waals surface area contributed by atoms with Gasteiger partial charge in [-0.25, -0.2) is 0 Å². The van der Waals surface area contributed by atoms with E-state index >= 15 is 0 Å². The first-order valence-electron chi connectivity index (χ1n) is 37.5. The molecule has 618 valence electrons. The third-order valence-corrected chi connectivity index (χ3v) is 18.6. The van der Waals surface area contributed by atoms with E-state index in [-0.39, 0.29) is 103 Å². The van der Waals surface area contributed by atoms with Crippen molar-refractivity contribution in [2.75, 3.05) is 0 Å². The van der Waals surface area contributed by atoms with Crippen LogP contribution in [-0.4, -0.2) is 143 Å². The Hall–Kier alpha value is -14.4. The molecule has 0 fully saturated rings. The van der Waals surface area contributed by atoms with Gasteiger partial charge < -0.3 is 78.6 Å². The van der Waals surface area contributed by atoms with E-state index in [4.69, 9.17) is 62.7 Å². The lowest BCUT2D eigenvalue weighted by atomic mass is 9.92. The molecule has 6 aromatic carbocycles. The SMILES string of the molecule is NC(=O)CC[C@H](CC(=O)[C@H](CCC(=O)O)NC(=O)CCc1cc(-c2ccc(-c3ccccc3)cc2)no1)C(N)=O.NC(=O)CC[C@H](NC(=O)CCc1cc(-c2ccc(-c3ccccc3)cc2)no1)C(=O)C[C@@H](CCC(=O)O)C(N)=O.NC(=O)[C@H](CC(=O)O)CC(=O)[C@H](CC(=O)O)NC(=O)CCc1cc(-c2ccc(-c3ccccc3)cc2)no1. The first-order valence-corrected chi connectivity index (χ1v) is 37.5. The second kappa shape index (κ2) is 46.1. The average Bonchev–Trinajstić information content (AvgIpc) is 1.42. The van der Waals surface area contributed by atoms with Crippen LogP contribution in [0.5, 0.6) is 0 Å². The number of Topliss-reactive ketones (excluding diaryl/α,β-unsaturated/α-hetero) is 3. The van der Waals surface area contributed by atoms with Crippen LogP contribution in [0.3, 0.4) is 0 Å². The van der Waals surface area contributed by atoms with Gasteiger partial charge in [0.05, 0.1) is 36.9 Å². The van der Waals surface area contributed by atoms with Crippen LogP contribution in [0.1, 0.15) is 120 Å². The Bertz CT molecular complexity index is 4750. The number of ketones is 3. The number of nitrogens with one attached hydrogen (secondary N) is 3. The zero-order valence-corrected chi connectivity index (χ0v) is 64.1. The molecule has 33 heteroatoms. The van der Waals surface area contributed by atoms with E-state index in [1.807, 2.05) is 164 Å². The van der Waals surface area contributed by atoms with Gasteiger partial charge in [0.25, 0.3) is 0 Å². The molecule has 0 aliphatic heterocycles. The number of carboxylic acid groups (broad SMARTS) is 4. The minimum atomic E-state index is -1.44. The molecule has 3 heterocycles. The monoisotopic (exact) mass is 1620 g/mol. The molecule has 0 unspecified atom stereocenters. The number of nitrogens with zero attached hydrogens (tertiary/aromatic N) is 3. The Labute approximate surface area is 675 Å². The van der Waals surface area contributed by atoms with Crippen molar-refractivity contribution in [3.63, 3.8) is 0 Å². The number of carbonyl (C=O) groups excluding carboxylic acids is 11. The van der Waals surface area contributed by atoms with Crippen molar-refractivity contribution < 1.29 is 106 Å². The molecule has 118 heavy (non-hydrogen) atoms. The highest BCUT2D eigenvalue weighted by Gasteiger charge is 2.32. The predicted molar refractivity (Wildman–Crippen MR) is 425 cm³/mol. The molecular weight excluding hydrogens is 1530 g/mol. The standard InChI is InChI=1S/2C29H32N4O7.C27H27N3O8/c30-26(35)13-12-23(25(34)16-21(29(31)39)10-15-28(37)38)32-27(36)14-11-22-17-24(33-40-22)20-8-6-19(7-9-20)18-4-2-1-3-5-18;30-26(35)13-10-21(29(31)39)16-25(34)23(12-15-28(37)38)32-27(36)14-11-22-17-24(33-40-22)20-8-6-19(7-9-20)18-4-2-1-3-5-18;28-27(37)19(13-25(33)34)12-23(31)22(15-26(35)36)29-24(32)11-10-20-14-21(30-38-20)18-8-6-17(7-9-18)16-4-2-1-3-5-16/h2*1-9,17,21,23H,10-16H2,(H2,30,35)(H2,31,39)(H,32,36)(H,37,38);1-9,14,19,22H,10-13,15H2,(H2,28,37)(H,29,32)(H,33,34)(H,35,36)/t2*21-,23+;19-,22-/m110/s1. The number of aromatic nitrogens is 3. The quantitative estimate of drug-likeness (QED) is 0.0174. The topological polar surface area (TPSA) is 581 Å². The normalized spacial score (nSPS) is 12.3. The lowest BCUT2D eigenvalue weighted by Gasteiger charge is -2.19. The predicted octanol–water partition coefficient (Wildman–Crippen LogP) is 7.67. The number of aryl methyl sites for hydroxylation is 3. The van der Waals surface area contributed by atoms with Crippen LogP contribution in [0, 0.1) is 17.8 Å². The summed E-state index contributed by atoms with van der Waals surface area (Å²) in [7, 11) is 0. The molecule has 0 aliphatic rings. The smallest absolute Gasteiger partial charge is 0.305 e. The number of rotatable bonds is 46. The van der Waals surface area contributed by atoms with Crippen LogP contribution in [0.25, 0.3) is 67.2 Å². The second-order valence-corrected chi connectivity index (χ2v) is 27.6. The molecule has 17 N–H and O–H groups in total. The number of carbonyl (C=O) groups is 15. The second-order valence-electron chi connectivity index (χ2n) is 27.6. The average molecular weight is 1620 g/mol. The molecule has 9 rings (SSSR count). The summed E-state index contributed by atoms with van der Waals surface area (Å²) in [6.07, 6.45) is -3.73. The molecule has 8 amide bonds. The van der Waals surface area contributed by atoms with Crippen molar-refractivity contribution >= 4 is 88.5 Å². The van der Waals surface area contributed by atoms with Crippen LogP contribution < -0.4 is 44.6 Å². The summed E-state index contributed by atoms with van der Waals surface area (Å²) in [5.74, 6) is -14.3. The summed E-state index contributed by atoms with van der Waals surface area (Å²) in [6.45, 7) is 0. The van der Waals surface area contributed by atoms with Crippen LogP contribution >= 0.6 is 0 Å². The Morgan fingerprint density at radius 2 is 0.551 bits per heavy atom. The third-order valence-electron chi connectivity index (χ3n) is 18.6. The van der Waals surface area contributed by atoms with Crippen LogP contribution in [-0.2, 0) is 91.2 Å². The Morgan fingerprint density at radius 1 is 0.288 bits per heavy atom. The van der Waals surface area contributed by atoms with Gasteiger partial charge in [-0.15, -0.1) is 0 Å². The minimum Gasteiger partial charge on any atom is -0.481 e. The maximum absolute atomic E-state index is 12.8. The van der Waals surface area contributed by atoms with E-state index < -0.39 is 144 Å². The van der Waals surface area contributed by atoms with E-state index in [2.05, 4.69) is 31.4 Å². The highest BCUT2D eigenvalue weighted by molar-refractivity contribution is 5.96. The van der Waals surface area contributed by atoms with E-state index in [0.29, 0.717) is 34.4 Å². The molecule has 0 saturated heterocycles. The number of nitrogens with two attached hydrogens (primary N) is 5. The van der Waals surface area contributed by atoms with Crippen molar-refractivity contribution in [1.29, 1.82) is 0 Å². The molecule has 9 aromatic rings. The first kappa shape index (κ1) is 90.8. The summed E-state index contributed by atoms with van der Waals surface area (Å²) >= 11 is 0. The Morgan fingerprint density at radius 3 is 0.856 bits per heavy atom. The van der Waals surface area contributed by atoms with Crippen LogP contribution in [0.2, 0.25) is 0 Å². The van der Waals surface area contributed by atoms with Crippen LogP contribution in [0.15, 0.2) is 196 Å². The van der Waals surface area contributed by atoms with Crippen molar-refractivity contribution in [3.8, 4) is 67.2 Å². The number of hydrogen-bond acceptors (Lipinski definition) is 21. The van der Waals surface area contributed by atoms with Gasteiger partial charge in [0.15, 0.2) is 17.3 Å². The van der Waals surface area contributed by atoms with E-state index in [1.165, 1.54) is 0 Å². The maximum Gasteiger partial charge on any atom is 0.305 e. The van der Waals surface area contributed by atoms with Gasteiger partial charge in [-0.2, -0.15) is 0 Å². The van der Waals surface area contributed by atoms with Gasteiger partial charge in [-0.3, -0.25) is 71.9 Å². The summed E-state index contributed by atoms with van der Waals surface area (Å²) in [5, 5.41) is 55.6. The number of benzene rings is 6. The molecule has 6 atom stereocenters. The van der Waals surface area contributed by atoms with Gasteiger partial charge in [0.1, 0.15) is 34.4 Å². The fourth-order valence-corrected chi connectivity index (χ4v) is 12.1. The number of hydrogen-bond donors (Lipinski definition) is 12. The maximum atomic E-state index is 12.8. The van der Waals surface area contributed by atoms with Crippen molar-refractivity contribution in [3.05, 3.63) is 199 Å². The molecule has 0 saturated carbocycles. The van der Waals surface area contributed by atoms with Crippen LogP contribution in [0.4, 0.5) is 0 Å². The highest BCUT2D eigenvalue weighted by atomic mass is 16.5. The zero-order valence-electron chi connectivity index (χ0n) is 64.1. The minimum absolute atomic E-state index is 0.0151. The Balaban J connectivity index is 0.000000244. The molecule has 0 bridgehead atoms. The van der Waals surface area contributed by atoms with Gasteiger partial charge in [0, 0.05) is 130 Å². The van der Waals surface area contributed by atoms with Gasteiger partial charge in [-0.05, 0) is 59.1 Å². The van der Waals surface area contributed by atoms with E-state index in [9.17, 15) is 71.9 Å². The summed E-state index contributed by atoms with van der Waals surface area (Å²) < 4.78 is 16.1. The lowest BCUT2D eigenvalue weighted by Crippen LogP contribution is -2.44. The number of primary amides is 5. The molecule has 33 nitrogen and oxygen atoms in total. The number of carboxylic acids is 4. The number of aliphatic carboxylic acids is 4. The zero-order chi connectivity index (χ0) is 85.8. The number of amides is 8. The first-order chi connectivity index (χ1) is 56.4. The largest absolute Gasteiger partial charge is 0.481 e. The molecular formula is C85H91N11O22. The molecule has 3 aromatic heterocycles. The molecule has 0 spiro atoms. The molecule has 0 radical (unpaired) electrons. The van der Waals surface area contributed by atoms with Gasteiger partial charge in [-0.1, -0.05) is 179 Å². The highest BCUT2D eigenvalue weighted by Crippen LogP contribution is 2.30. The van der Waals surface area contributed by atoms with Crippen molar-refractivity contribution in [2.45, 2.75) is 140 Å². The summed E-state index contributed by atoms with van der Waals surface area (Å²) in [5.41, 5.74) is 36.9. The lowest BCUT2D eigenvalue weighted by molar-refractivity contribution is -0.143. The summed E-state index contributed by atoms with van der Waals surface area (Å²) in [4.78, 5) is 177. The van der Waals surface area contributed by atoms with Crippen molar-refractivity contribution in [1.82, 2.24) is 31.4 Å². The van der Waals surface area contributed by atoms with Crippen molar-refractivity contribution in [2.24, 2.45) is 46.4 Å². The fraction of sp³-hybridized carbons (Fsp3) is 0.294.